The number of amides is 2. The predicted octanol–water partition coefficient (Wildman–Crippen LogP) is 3.30. The van der Waals surface area contributed by atoms with E-state index in [0.717, 1.165) is 17.3 Å². The van der Waals surface area contributed by atoms with E-state index in [-0.39, 0.29) is 11.8 Å². The normalized spacial score (nSPS) is 20.0. The van der Waals surface area contributed by atoms with E-state index in [2.05, 4.69) is 22.9 Å². The van der Waals surface area contributed by atoms with E-state index in [0.29, 0.717) is 23.8 Å². The van der Waals surface area contributed by atoms with Gasteiger partial charge in [0.25, 0.3) is 5.91 Å². The average Bonchev–Trinajstić information content (AvgIpc) is 2.85. The van der Waals surface area contributed by atoms with Gasteiger partial charge < -0.3 is 0 Å². The number of hydrogen-bond donors (Lipinski definition) is 0. The number of likely N-dealkylation sites (tertiary alicyclic amines) is 1. The lowest BCUT2D eigenvalue weighted by Crippen LogP contribution is -2.32. The molecule has 1 aromatic rings. The molecule has 0 aromatic carbocycles. The van der Waals surface area contributed by atoms with Gasteiger partial charge in [0.2, 0.25) is 5.91 Å². The first-order valence-corrected chi connectivity index (χ1v) is 7.38. The van der Waals surface area contributed by atoms with Gasteiger partial charge in [-0.3, -0.25) is 14.5 Å². The molecule has 0 N–H and O–H groups in total. The summed E-state index contributed by atoms with van der Waals surface area (Å²) in [5.74, 6) is 0.152. The fourth-order valence-corrected chi connectivity index (χ4v) is 3.64. The Balaban J connectivity index is 2.11. The second-order valence-electron chi connectivity index (χ2n) is 4.27. The number of halogens is 1. The second kappa shape index (κ2) is 5.31. The first-order chi connectivity index (χ1) is 8.13. The molecule has 5 heteroatoms. The fourth-order valence-electron chi connectivity index (χ4n) is 2.15. The molecule has 0 spiro atoms. The summed E-state index contributed by atoms with van der Waals surface area (Å²) >= 11 is 4.70. The van der Waals surface area contributed by atoms with Gasteiger partial charge in [0.15, 0.2) is 0 Å². The van der Waals surface area contributed by atoms with Crippen LogP contribution in [0.5, 0.6) is 0 Å². The lowest BCUT2D eigenvalue weighted by atomic mass is 10.0. The maximum Gasteiger partial charge on any atom is 0.271 e. The Hall–Kier alpha value is -0.680. The van der Waals surface area contributed by atoms with Gasteiger partial charge in [-0.2, -0.15) is 0 Å². The molecule has 17 heavy (non-hydrogen) atoms. The summed E-state index contributed by atoms with van der Waals surface area (Å²) in [6.45, 7) is 2.68. The van der Waals surface area contributed by atoms with Gasteiger partial charge in [-0.25, -0.2) is 0 Å². The van der Waals surface area contributed by atoms with E-state index >= 15 is 0 Å². The standard InChI is InChI=1S/C12H14BrNO2S/c1-2-3-8-6-10(15)14(7-8)12(16)11-9(13)4-5-17-11/h4-5,8H,2-3,6-7H2,1H3. The number of carbonyl (C=O) groups excluding carboxylic acids is 2. The Morgan fingerprint density at radius 3 is 3.00 bits per heavy atom. The summed E-state index contributed by atoms with van der Waals surface area (Å²) in [5, 5.41) is 1.85. The molecule has 1 saturated heterocycles. The Bertz CT molecular complexity index is 443. The van der Waals surface area contributed by atoms with Crippen molar-refractivity contribution in [2.24, 2.45) is 5.92 Å². The zero-order valence-electron chi connectivity index (χ0n) is 9.61. The Morgan fingerprint density at radius 1 is 1.65 bits per heavy atom. The van der Waals surface area contributed by atoms with Crippen molar-refractivity contribution in [3.05, 3.63) is 20.8 Å². The van der Waals surface area contributed by atoms with Crippen molar-refractivity contribution in [2.75, 3.05) is 6.54 Å². The summed E-state index contributed by atoms with van der Waals surface area (Å²) in [6.07, 6.45) is 2.59. The number of imide groups is 1. The van der Waals surface area contributed by atoms with Crippen LogP contribution in [0.4, 0.5) is 0 Å². The molecule has 0 bridgehead atoms. The van der Waals surface area contributed by atoms with Crippen LogP contribution >= 0.6 is 27.3 Å². The molecule has 1 atom stereocenters. The van der Waals surface area contributed by atoms with E-state index in [4.69, 9.17) is 0 Å². The van der Waals surface area contributed by atoms with E-state index in [1.807, 2.05) is 11.4 Å². The minimum absolute atomic E-state index is 0.0336. The Kier molecular flexibility index (Phi) is 3.99. The van der Waals surface area contributed by atoms with Crippen LogP contribution < -0.4 is 0 Å². The van der Waals surface area contributed by atoms with Crippen LogP contribution in [0.25, 0.3) is 0 Å². The third-order valence-corrected chi connectivity index (χ3v) is 4.78. The SMILES string of the molecule is CCCC1CC(=O)N(C(=O)c2sccc2Br)C1. The first-order valence-electron chi connectivity index (χ1n) is 5.71. The molecule has 1 unspecified atom stereocenters. The lowest BCUT2D eigenvalue weighted by molar-refractivity contribution is -0.125. The average molecular weight is 316 g/mol. The van der Waals surface area contributed by atoms with E-state index < -0.39 is 0 Å². The zero-order chi connectivity index (χ0) is 12.4. The quantitative estimate of drug-likeness (QED) is 0.803. The van der Waals surface area contributed by atoms with E-state index in [1.165, 1.54) is 16.2 Å². The molecule has 2 amide bonds. The number of thiophene rings is 1. The van der Waals surface area contributed by atoms with Crippen LogP contribution in [0, 0.1) is 5.92 Å². The van der Waals surface area contributed by atoms with Gasteiger partial charge in [-0.1, -0.05) is 13.3 Å². The molecule has 0 radical (unpaired) electrons. The molecule has 2 rings (SSSR count). The zero-order valence-corrected chi connectivity index (χ0v) is 12.0. The molecule has 0 saturated carbocycles. The monoisotopic (exact) mass is 315 g/mol. The smallest absolute Gasteiger partial charge is 0.271 e. The van der Waals surface area contributed by atoms with Crippen molar-refractivity contribution in [3.8, 4) is 0 Å². The topological polar surface area (TPSA) is 37.4 Å². The fraction of sp³-hybridized carbons (Fsp3) is 0.500. The molecular formula is C12H14BrNO2S. The molecule has 1 aliphatic rings. The first kappa shape index (κ1) is 12.8. The molecule has 2 heterocycles. The minimum atomic E-state index is -0.157. The maximum atomic E-state index is 12.2. The summed E-state index contributed by atoms with van der Waals surface area (Å²) < 4.78 is 0.777. The third kappa shape index (κ3) is 2.60. The van der Waals surface area contributed by atoms with Crippen LogP contribution in [0.3, 0.4) is 0 Å². The Morgan fingerprint density at radius 2 is 2.41 bits per heavy atom. The van der Waals surface area contributed by atoms with Crippen LogP contribution in [0.2, 0.25) is 0 Å². The summed E-state index contributed by atoms with van der Waals surface area (Å²) in [4.78, 5) is 26.0. The largest absolute Gasteiger partial charge is 0.277 e. The lowest BCUT2D eigenvalue weighted by Gasteiger charge is -2.13. The highest BCUT2D eigenvalue weighted by Gasteiger charge is 2.34. The van der Waals surface area contributed by atoms with Crippen molar-refractivity contribution >= 4 is 39.1 Å². The Labute approximate surface area is 113 Å². The van der Waals surface area contributed by atoms with Gasteiger partial charge in [-0.15, -0.1) is 11.3 Å². The molecule has 3 nitrogen and oxygen atoms in total. The molecule has 1 fully saturated rings. The third-order valence-electron chi connectivity index (χ3n) is 2.96. The molecule has 1 aliphatic heterocycles. The van der Waals surface area contributed by atoms with Crippen molar-refractivity contribution in [1.29, 1.82) is 0 Å². The van der Waals surface area contributed by atoms with Gasteiger partial charge in [0.05, 0.1) is 0 Å². The van der Waals surface area contributed by atoms with Crippen LogP contribution in [-0.4, -0.2) is 23.3 Å². The highest BCUT2D eigenvalue weighted by Crippen LogP contribution is 2.28. The van der Waals surface area contributed by atoms with Crippen LogP contribution in [-0.2, 0) is 4.79 Å². The van der Waals surface area contributed by atoms with Crippen molar-refractivity contribution in [3.63, 3.8) is 0 Å². The highest BCUT2D eigenvalue weighted by molar-refractivity contribution is 9.10. The maximum absolute atomic E-state index is 12.2. The van der Waals surface area contributed by atoms with Crippen molar-refractivity contribution in [1.82, 2.24) is 4.90 Å². The van der Waals surface area contributed by atoms with Gasteiger partial charge in [-0.05, 0) is 39.7 Å². The summed E-state index contributed by atoms with van der Waals surface area (Å²) in [5.41, 5.74) is 0. The van der Waals surface area contributed by atoms with Gasteiger partial charge in [0, 0.05) is 17.4 Å². The number of rotatable bonds is 3. The number of nitrogens with zero attached hydrogens (tertiary/aromatic N) is 1. The molecule has 1 aromatic heterocycles. The van der Waals surface area contributed by atoms with Crippen LogP contribution in [0.1, 0.15) is 35.9 Å². The second-order valence-corrected chi connectivity index (χ2v) is 6.04. The van der Waals surface area contributed by atoms with Crippen LogP contribution in [0.15, 0.2) is 15.9 Å². The number of hydrogen-bond acceptors (Lipinski definition) is 3. The van der Waals surface area contributed by atoms with E-state index in [1.54, 1.807) is 0 Å². The highest BCUT2D eigenvalue weighted by atomic mass is 79.9. The van der Waals surface area contributed by atoms with Gasteiger partial charge in [0.1, 0.15) is 4.88 Å². The molecule has 0 aliphatic carbocycles. The summed E-state index contributed by atoms with van der Waals surface area (Å²) in [7, 11) is 0. The number of carbonyl (C=O) groups is 2. The summed E-state index contributed by atoms with van der Waals surface area (Å²) in [6, 6.07) is 1.84. The van der Waals surface area contributed by atoms with Crippen molar-refractivity contribution < 1.29 is 9.59 Å². The van der Waals surface area contributed by atoms with E-state index in [9.17, 15) is 9.59 Å². The molecule has 92 valence electrons. The predicted molar refractivity (Wildman–Crippen MR) is 71.1 cm³/mol. The molecular weight excluding hydrogens is 302 g/mol. The van der Waals surface area contributed by atoms with Gasteiger partial charge >= 0.3 is 0 Å². The van der Waals surface area contributed by atoms with Crippen molar-refractivity contribution in [2.45, 2.75) is 26.2 Å². The minimum Gasteiger partial charge on any atom is -0.277 e.